The molecule has 1 fully saturated rings. The first-order valence-corrected chi connectivity index (χ1v) is 11.6. The quantitative estimate of drug-likeness (QED) is 0.365. The van der Waals surface area contributed by atoms with Crippen LogP contribution in [0.1, 0.15) is 26.3 Å². The van der Waals surface area contributed by atoms with Crippen molar-refractivity contribution in [3.05, 3.63) is 94.5 Å². The average molecular weight is 493 g/mol. The molecule has 4 rings (SSSR count). The van der Waals surface area contributed by atoms with Crippen LogP contribution in [0.4, 0.5) is 5.69 Å². The van der Waals surface area contributed by atoms with E-state index in [0.29, 0.717) is 36.8 Å². The molecule has 0 N–H and O–H groups in total. The largest absolute Gasteiger partial charge is 0.497 e. The van der Waals surface area contributed by atoms with E-state index in [4.69, 9.17) is 21.1 Å². The zero-order chi connectivity index (χ0) is 24.8. The minimum Gasteiger partial charge on any atom is -0.497 e. The number of nitrogens with zero attached hydrogens (tertiary/aromatic N) is 2. The molecule has 0 aliphatic carbocycles. The predicted octanol–water partition coefficient (Wildman–Crippen LogP) is 4.09. The third-order valence-electron chi connectivity index (χ3n) is 5.89. The Morgan fingerprint density at radius 1 is 0.829 bits per heavy atom. The van der Waals surface area contributed by atoms with Gasteiger partial charge in [0.2, 0.25) is 0 Å². The standard InChI is InChI=1S/C27H25ClN2O5/c1-34-22-12-10-21(11-13-22)29-14-16-30(17-15-29)25(31)18-35-27(33)24-5-3-2-4-23(24)26(32)19-6-8-20(28)9-7-19/h2-13H,14-18H2,1H3. The Kier molecular flexibility index (Phi) is 7.67. The molecule has 1 heterocycles. The maximum absolute atomic E-state index is 12.9. The van der Waals surface area contributed by atoms with E-state index in [1.54, 1.807) is 54.5 Å². The highest BCUT2D eigenvalue weighted by Crippen LogP contribution is 2.21. The molecule has 0 saturated carbocycles. The van der Waals surface area contributed by atoms with Gasteiger partial charge in [-0.25, -0.2) is 4.79 Å². The highest BCUT2D eigenvalue weighted by atomic mass is 35.5. The summed E-state index contributed by atoms with van der Waals surface area (Å²) in [4.78, 5) is 42.2. The molecule has 3 aromatic carbocycles. The summed E-state index contributed by atoms with van der Waals surface area (Å²) in [5.41, 5.74) is 1.79. The van der Waals surface area contributed by atoms with Crippen LogP contribution in [0.25, 0.3) is 0 Å². The van der Waals surface area contributed by atoms with Crippen molar-refractivity contribution in [2.75, 3.05) is 44.8 Å². The molecule has 0 aromatic heterocycles. The Morgan fingerprint density at radius 3 is 2.09 bits per heavy atom. The van der Waals surface area contributed by atoms with Crippen LogP contribution in [0.15, 0.2) is 72.8 Å². The smallest absolute Gasteiger partial charge is 0.339 e. The molecular formula is C27H25ClN2O5. The van der Waals surface area contributed by atoms with Crippen molar-refractivity contribution in [1.82, 2.24) is 4.90 Å². The molecule has 0 radical (unpaired) electrons. The molecule has 7 nitrogen and oxygen atoms in total. The van der Waals surface area contributed by atoms with Crippen molar-refractivity contribution >= 4 is 34.9 Å². The van der Waals surface area contributed by atoms with Gasteiger partial charge in [0.1, 0.15) is 5.75 Å². The van der Waals surface area contributed by atoms with Gasteiger partial charge in [-0.15, -0.1) is 0 Å². The van der Waals surface area contributed by atoms with Crippen molar-refractivity contribution in [1.29, 1.82) is 0 Å². The summed E-state index contributed by atoms with van der Waals surface area (Å²) in [5.74, 6) is -0.515. The van der Waals surface area contributed by atoms with Crippen LogP contribution in [-0.4, -0.2) is 62.5 Å². The Labute approximate surface area is 208 Å². The van der Waals surface area contributed by atoms with Gasteiger partial charge in [0.15, 0.2) is 12.4 Å². The summed E-state index contributed by atoms with van der Waals surface area (Å²) < 4.78 is 10.5. The molecule has 1 amide bonds. The molecule has 1 saturated heterocycles. The Morgan fingerprint density at radius 2 is 1.46 bits per heavy atom. The first-order valence-electron chi connectivity index (χ1n) is 11.2. The fraction of sp³-hybridized carbons (Fsp3) is 0.222. The zero-order valence-electron chi connectivity index (χ0n) is 19.3. The van der Waals surface area contributed by atoms with Gasteiger partial charge in [-0.1, -0.05) is 29.8 Å². The topological polar surface area (TPSA) is 76.2 Å². The number of piperazine rings is 1. The minimum absolute atomic E-state index is 0.115. The number of rotatable bonds is 7. The highest BCUT2D eigenvalue weighted by molar-refractivity contribution is 6.30. The second kappa shape index (κ2) is 11.1. The Bertz CT molecular complexity index is 1200. The minimum atomic E-state index is -0.715. The van der Waals surface area contributed by atoms with E-state index >= 15 is 0 Å². The van der Waals surface area contributed by atoms with Gasteiger partial charge in [-0.05, 0) is 54.6 Å². The van der Waals surface area contributed by atoms with Gasteiger partial charge in [0.05, 0.1) is 12.7 Å². The molecule has 0 spiro atoms. The van der Waals surface area contributed by atoms with E-state index in [-0.39, 0.29) is 29.4 Å². The number of ketones is 1. The number of anilines is 1. The number of carbonyl (C=O) groups is 3. The summed E-state index contributed by atoms with van der Waals surface area (Å²) in [5, 5.41) is 0.512. The normalized spacial score (nSPS) is 13.3. The number of halogens is 1. The monoisotopic (exact) mass is 492 g/mol. The molecule has 35 heavy (non-hydrogen) atoms. The lowest BCUT2D eigenvalue weighted by molar-refractivity contribution is -0.134. The summed E-state index contributed by atoms with van der Waals surface area (Å²) in [6.45, 7) is 2.00. The highest BCUT2D eigenvalue weighted by Gasteiger charge is 2.24. The van der Waals surface area contributed by atoms with Crippen LogP contribution < -0.4 is 9.64 Å². The van der Waals surface area contributed by atoms with Crippen LogP contribution in [0.2, 0.25) is 5.02 Å². The molecule has 0 unspecified atom stereocenters. The summed E-state index contributed by atoms with van der Waals surface area (Å²) in [7, 11) is 1.63. The molecular weight excluding hydrogens is 468 g/mol. The van der Waals surface area contributed by atoms with Crippen LogP contribution in [0, 0.1) is 0 Å². The number of ether oxygens (including phenoxy) is 2. The van der Waals surface area contributed by atoms with E-state index in [2.05, 4.69) is 4.90 Å². The van der Waals surface area contributed by atoms with Gasteiger partial charge < -0.3 is 19.3 Å². The third-order valence-corrected chi connectivity index (χ3v) is 6.15. The van der Waals surface area contributed by atoms with Gasteiger partial charge in [0, 0.05) is 48.0 Å². The van der Waals surface area contributed by atoms with Crippen LogP contribution in [0.5, 0.6) is 5.75 Å². The average Bonchev–Trinajstić information content (AvgIpc) is 2.91. The van der Waals surface area contributed by atoms with Gasteiger partial charge >= 0.3 is 5.97 Å². The molecule has 180 valence electrons. The van der Waals surface area contributed by atoms with Gasteiger partial charge in [-0.2, -0.15) is 0 Å². The van der Waals surface area contributed by atoms with Gasteiger partial charge in [-0.3, -0.25) is 9.59 Å². The third kappa shape index (κ3) is 5.81. The van der Waals surface area contributed by atoms with E-state index in [0.717, 1.165) is 11.4 Å². The molecule has 3 aromatic rings. The maximum atomic E-state index is 12.9. The SMILES string of the molecule is COc1ccc(N2CCN(C(=O)COC(=O)c3ccccc3C(=O)c3ccc(Cl)cc3)CC2)cc1. The van der Waals surface area contributed by atoms with Crippen LogP contribution in [-0.2, 0) is 9.53 Å². The second-order valence-corrected chi connectivity index (χ2v) is 8.46. The number of esters is 1. The van der Waals surface area contributed by atoms with Crippen molar-refractivity contribution in [2.24, 2.45) is 0 Å². The molecule has 0 atom stereocenters. The predicted molar refractivity (Wildman–Crippen MR) is 133 cm³/mol. The number of methoxy groups -OCH3 is 1. The fourth-order valence-corrected chi connectivity index (χ4v) is 4.05. The summed E-state index contributed by atoms with van der Waals surface area (Å²) in [6, 6.07) is 20.6. The first kappa shape index (κ1) is 24.3. The Balaban J connectivity index is 1.33. The molecule has 0 bridgehead atoms. The molecule has 8 heteroatoms. The van der Waals surface area contributed by atoms with Crippen molar-refractivity contribution in [3.8, 4) is 5.75 Å². The number of hydrogen-bond acceptors (Lipinski definition) is 6. The second-order valence-electron chi connectivity index (χ2n) is 8.02. The van der Waals surface area contributed by atoms with E-state index < -0.39 is 5.97 Å². The maximum Gasteiger partial charge on any atom is 0.339 e. The number of benzene rings is 3. The Hall–Kier alpha value is -3.84. The number of carbonyl (C=O) groups excluding carboxylic acids is 3. The van der Waals surface area contributed by atoms with E-state index in [1.165, 1.54) is 6.07 Å². The van der Waals surface area contributed by atoms with Crippen molar-refractivity contribution in [2.45, 2.75) is 0 Å². The van der Waals surface area contributed by atoms with Crippen molar-refractivity contribution < 1.29 is 23.9 Å². The van der Waals surface area contributed by atoms with Crippen molar-refractivity contribution in [3.63, 3.8) is 0 Å². The zero-order valence-corrected chi connectivity index (χ0v) is 20.0. The fourth-order valence-electron chi connectivity index (χ4n) is 3.92. The van der Waals surface area contributed by atoms with E-state index in [1.807, 2.05) is 24.3 Å². The van der Waals surface area contributed by atoms with E-state index in [9.17, 15) is 14.4 Å². The van der Waals surface area contributed by atoms with Crippen LogP contribution in [0.3, 0.4) is 0 Å². The van der Waals surface area contributed by atoms with Gasteiger partial charge in [0.25, 0.3) is 5.91 Å². The summed E-state index contributed by atoms with van der Waals surface area (Å²) >= 11 is 5.90. The van der Waals surface area contributed by atoms with Crippen LogP contribution >= 0.6 is 11.6 Å². The number of hydrogen-bond donors (Lipinski definition) is 0. The summed E-state index contributed by atoms with van der Waals surface area (Å²) in [6.07, 6.45) is 0. The number of amides is 1. The lowest BCUT2D eigenvalue weighted by atomic mass is 9.98. The first-order chi connectivity index (χ1) is 17.0. The lowest BCUT2D eigenvalue weighted by Gasteiger charge is -2.36. The lowest BCUT2D eigenvalue weighted by Crippen LogP contribution is -2.49. The molecule has 1 aliphatic heterocycles. The molecule has 1 aliphatic rings.